The molecule has 0 saturated carbocycles. The van der Waals surface area contributed by atoms with Gasteiger partial charge in [-0.15, -0.1) is 0 Å². The molecule has 1 aliphatic rings. The van der Waals surface area contributed by atoms with Gasteiger partial charge < -0.3 is 19.9 Å². The number of benzene rings is 1. The molecule has 2 rings (SSSR count). The van der Waals surface area contributed by atoms with Crippen LogP contribution in [0.1, 0.15) is 38.4 Å². The van der Waals surface area contributed by atoms with E-state index in [-0.39, 0.29) is 0 Å². The molecule has 0 aromatic heterocycles. The molecule has 1 aromatic rings. The zero-order chi connectivity index (χ0) is 14.4. The molecule has 0 fully saturated rings. The fourth-order valence-electron chi connectivity index (χ4n) is 2.26. The predicted molar refractivity (Wildman–Crippen MR) is 79.3 cm³/mol. The second-order valence-electron chi connectivity index (χ2n) is 5.66. The summed E-state index contributed by atoms with van der Waals surface area (Å²) in [5.41, 5.74) is 0.866. The van der Waals surface area contributed by atoms with Crippen LogP contribution in [0.25, 0.3) is 0 Å². The summed E-state index contributed by atoms with van der Waals surface area (Å²) in [6.07, 6.45) is 1.85. The number of hydrogen-bond donors (Lipinski definition) is 2. The fraction of sp³-hybridized carbons (Fsp3) is 0.625. The third kappa shape index (κ3) is 4.39. The van der Waals surface area contributed by atoms with E-state index in [1.165, 1.54) is 6.42 Å². The monoisotopic (exact) mass is 279 g/mol. The van der Waals surface area contributed by atoms with Gasteiger partial charge in [0.15, 0.2) is 11.5 Å². The first kappa shape index (κ1) is 15.1. The van der Waals surface area contributed by atoms with Crippen LogP contribution in [0.15, 0.2) is 18.2 Å². The first-order valence-corrected chi connectivity index (χ1v) is 7.45. The van der Waals surface area contributed by atoms with Crippen LogP contribution in [0.5, 0.6) is 11.5 Å². The maximum Gasteiger partial charge on any atom is 0.161 e. The van der Waals surface area contributed by atoms with Crippen molar-refractivity contribution >= 4 is 0 Å². The Balaban J connectivity index is 1.79. The summed E-state index contributed by atoms with van der Waals surface area (Å²) in [6.45, 7) is 7.12. The predicted octanol–water partition coefficient (Wildman–Crippen LogP) is 2.52. The molecule has 1 aromatic carbocycles. The Labute approximate surface area is 121 Å². The number of fused-ring (bicyclic) bond motifs is 1. The van der Waals surface area contributed by atoms with Crippen molar-refractivity contribution in [2.45, 2.75) is 32.8 Å². The van der Waals surface area contributed by atoms with E-state index in [1.54, 1.807) is 0 Å². The van der Waals surface area contributed by atoms with Gasteiger partial charge in [0.1, 0.15) is 13.2 Å². The average molecular weight is 279 g/mol. The summed E-state index contributed by atoms with van der Waals surface area (Å²) in [4.78, 5) is 0. The Bertz CT molecular complexity index is 420. The van der Waals surface area contributed by atoms with Gasteiger partial charge in [0.25, 0.3) is 0 Å². The van der Waals surface area contributed by atoms with Crippen molar-refractivity contribution in [2.24, 2.45) is 5.92 Å². The van der Waals surface area contributed by atoms with Gasteiger partial charge >= 0.3 is 0 Å². The molecule has 1 aliphatic heterocycles. The van der Waals surface area contributed by atoms with Gasteiger partial charge in [-0.25, -0.2) is 0 Å². The zero-order valence-electron chi connectivity index (χ0n) is 12.4. The molecule has 0 aliphatic carbocycles. The first-order chi connectivity index (χ1) is 9.66. The van der Waals surface area contributed by atoms with Crippen LogP contribution in [0.3, 0.4) is 0 Å². The van der Waals surface area contributed by atoms with Crippen LogP contribution in [0, 0.1) is 5.92 Å². The SMILES string of the molecule is CC(C)CCCNCC(O)c1ccc2c(c1)OCCO2. The van der Waals surface area contributed by atoms with Gasteiger partial charge in [-0.1, -0.05) is 19.9 Å². The fourth-order valence-corrected chi connectivity index (χ4v) is 2.26. The summed E-state index contributed by atoms with van der Waals surface area (Å²) in [7, 11) is 0. The van der Waals surface area contributed by atoms with Gasteiger partial charge in [0.2, 0.25) is 0 Å². The third-order valence-electron chi connectivity index (χ3n) is 3.42. The maximum atomic E-state index is 10.2. The van der Waals surface area contributed by atoms with Crippen molar-refractivity contribution in [3.63, 3.8) is 0 Å². The van der Waals surface area contributed by atoms with Crippen LogP contribution < -0.4 is 14.8 Å². The summed E-state index contributed by atoms with van der Waals surface area (Å²) in [5, 5.41) is 13.5. The Hall–Kier alpha value is -1.26. The topological polar surface area (TPSA) is 50.7 Å². The lowest BCUT2D eigenvalue weighted by Gasteiger charge is -2.20. The lowest BCUT2D eigenvalue weighted by atomic mass is 10.1. The average Bonchev–Trinajstić information content (AvgIpc) is 2.46. The van der Waals surface area contributed by atoms with Crippen LogP contribution in [0.2, 0.25) is 0 Å². The molecule has 0 amide bonds. The quantitative estimate of drug-likeness (QED) is 0.753. The van der Waals surface area contributed by atoms with E-state index < -0.39 is 6.10 Å². The maximum absolute atomic E-state index is 10.2. The Morgan fingerprint density at radius 1 is 1.20 bits per heavy atom. The molecule has 0 saturated heterocycles. The normalized spacial score (nSPS) is 15.4. The van der Waals surface area contributed by atoms with Crippen LogP contribution in [-0.4, -0.2) is 31.4 Å². The zero-order valence-corrected chi connectivity index (χ0v) is 12.4. The lowest BCUT2D eigenvalue weighted by Crippen LogP contribution is -2.23. The summed E-state index contributed by atoms with van der Waals surface area (Å²) >= 11 is 0. The second kappa shape index (κ2) is 7.50. The minimum absolute atomic E-state index is 0.509. The molecule has 1 heterocycles. The molecule has 1 atom stereocenters. The molecular weight excluding hydrogens is 254 g/mol. The van der Waals surface area contributed by atoms with Gasteiger partial charge in [-0.2, -0.15) is 0 Å². The Kier molecular flexibility index (Phi) is 5.68. The molecule has 112 valence electrons. The van der Waals surface area contributed by atoms with Crippen molar-refractivity contribution in [1.82, 2.24) is 5.32 Å². The number of aliphatic hydroxyl groups excluding tert-OH is 1. The van der Waals surface area contributed by atoms with Gasteiger partial charge in [-0.3, -0.25) is 0 Å². The molecule has 1 unspecified atom stereocenters. The summed E-state index contributed by atoms with van der Waals surface area (Å²) in [6, 6.07) is 5.63. The lowest BCUT2D eigenvalue weighted by molar-refractivity contribution is 0.163. The molecule has 0 spiro atoms. The smallest absolute Gasteiger partial charge is 0.161 e. The van der Waals surface area contributed by atoms with Crippen LogP contribution in [-0.2, 0) is 0 Å². The summed E-state index contributed by atoms with van der Waals surface area (Å²) in [5.74, 6) is 2.23. The number of ether oxygens (including phenoxy) is 2. The second-order valence-corrected chi connectivity index (χ2v) is 5.66. The Morgan fingerprint density at radius 3 is 2.70 bits per heavy atom. The molecule has 2 N–H and O–H groups in total. The van der Waals surface area contributed by atoms with E-state index in [4.69, 9.17) is 9.47 Å². The van der Waals surface area contributed by atoms with Gasteiger partial charge in [0.05, 0.1) is 6.10 Å². The van der Waals surface area contributed by atoms with E-state index in [2.05, 4.69) is 19.2 Å². The van der Waals surface area contributed by atoms with Gasteiger partial charge in [-0.05, 0) is 43.0 Å². The number of hydrogen-bond acceptors (Lipinski definition) is 4. The van der Waals surface area contributed by atoms with Crippen molar-refractivity contribution in [1.29, 1.82) is 0 Å². The molecule has 0 radical (unpaired) electrons. The van der Waals surface area contributed by atoms with Crippen LogP contribution in [0.4, 0.5) is 0 Å². The molecular formula is C16H25NO3. The highest BCUT2D eigenvalue weighted by Crippen LogP contribution is 2.32. The highest BCUT2D eigenvalue weighted by molar-refractivity contribution is 5.44. The Morgan fingerprint density at radius 2 is 1.95 bits per heavy atom. The molecule has 0 bridgehead atoms. The summed E-state index contributed by atoms with van der Waals surface area (Å²) < 4.78 is 11.0. The number of aliphatic hydroxyl groups is 1. The molecule has 4 heteroatoms. The highest BCUT2D eigenvalue weighted by Gasteiger charge is 2.15. The van der Waals surface area contributed by atoms with E-state index in [9.17, 15) is 5.11 Å². The van der Waals surface area contributed by atoms with Crippen molar-refractivity contribution in [3.8, 4) is 11.5 Å². The minimum Gasteiger partial charge on any atom is -0.486 e. The van der Waals surface area contributed by atoms with E-state index in [0.717, 1.165) is 35.9 Å². The standard InChI is InChI=1S/C16H25NO3/c1-12(2)4-3-7-17-11-14(18)13-5-6-15-16(10-13)20-9-8-19-15/h5-6,10,12,14,17-18H,3-4,7-9,11H2,1-2H3. The van der Waals surface area contributed by atoms with Gasteiger partial charge in [0, 0.05) is 6.54 Å². The third-order valence-corrected chi connectivity index (χ3v) is 3.42. The van der Waals surface area contributed by atoms with Crippen molar-refractivity contribution < 1.29 is 14.6 Å². The van der Waals surface area contributed by atoms with Crippen LogP contribution >= 0.6 is 0 Å². The van der Waals surface area contributed by atoms with Crippen molar-refractivity contribution in [2.75, 3.05) is 26.3 Å². The molecule has 4 nitrogen and oxygen atoms in total. The van der Waals surface area contributed by atoms with E-state index in [1.807, 2.05) is 18.2 Å². The van der Waals surface area contributed by atoms with E-state index in [0.29, 0.717) is 19.8 Å². The first-order valence-electron chi connectivity index (χ1n) is 7.45. The minimum atomic E-state index is -0.509. The number of nitrogens with one attached hydrogen (secondary N) is 1. The highest BCUT2D eigenvalue weighted by atomic mass is 16.6. The largest absolute Gasteiger partial charge is 0.486 e. The number of rotatable bonds is 7. The van der Waals surface area contributed by atoms with E-state index >= 15 is 0 Å². The van der Waals surface area contributed by atoms with Crippen molar-refractivity contribution in [3.05, 3.63) is 23.8 Å². The molecule has 20 heavy (non-hydrogen) atoms.